The molecule has 5 nitrogen and oxygen atoms in total. The van der Waals surface area contributed by atoms with Crippen molar-refractivity contribution in [3.8, 4) is 0 Å². The first-order chi connectivity index (χ1) is 10.0. The number of aromatic nitrogens is 1. The lowest BCUT2D eigenvalue weighted by Crippen LogP contribution is -2.15. The van der Waals surface area contributed by atoms with Gasteiger partial charge in [0, 0.05) is 16.9 Å². The number of nitrogens with one attached hydrogen (secondary N) is 2. The highest BCUT2D eigenvalue weighted by Crippen LogP contribution is 2.20. The minimum Gasteiger partial charge on any atom is -0.322 e. The summed E-state index contributed by atoms with van der Waals surface area (Å²) in [6, 6.07) is 7.16. The van der Waals surface area contributed by atoms with E-state index >= 15 is 0 Å². The zero-order valence-corrected chi connectivity index (χ0v) is 12.0. The summed E-state index contributed by atoms with van der Waals surface area (Å²) in [5.74, 6) is 4.83. The number of pyridine rings is 1. The molecule has 1 aromatic heterocycles. The highest BCUT2D eigenvalue weighted by molar-refractivity contribution is 6.31. The summed E-state index contributed by atoms with van der Waals surface area (Å²) in [5.41, 5.74) is 3.95. The predicted molar refractivity (Wildman–Crippen MR) is 80.8 cm³/mol. The number of hydrogen-bond donors (Lipinski definition) is 3. The number of carbonyl (C=O) groups excluding carboxylic acids is 1. The SMILES string of the molecule is CCc1cc(C(=O)Nc2ccc(F)c(Cl)c2)cc(NN)n1. The fourth-order valence-electron chi connectivity index (χ4n) is 1.75. The number of hydrogen-bond acceptors (Lipinski definition) is 4. The summed E-state index contributed by atoms with van der Waals surface area (Å²) in [6.45, 7) is 1.92. The molecule has 0 saturated heterocycles. The second-order valence-corrected chi connectivity index (χ2v) is 4.72. The Balaban J connectivity index is 2.25. The molecule has 2 aromatic rings. The molecule has 0 aliphatic heterocycles. The van der Waals surface area contributed by atoms with Gasteiger partial charge in [0.2, 0.25) is 0 Å². The molecule has 0 radical (unpaired) electrons. The van der Waals surface area contributed by atoms with Crippen LogP contribution in [0.2, 0.25) is 5.02 Å². The highest BCUT2D eigenvalue weighted by Gasteiger charge is 2.10. The van der Waals surface area contributed by atoms with Gasteiger partial charge in [-0.3, -0.25) is 4.79 Å². The Hall–Kier alpha value is -2.18. The predicted octanol–water partition coefficient (Wildman–Crippen LogP) is 2.97. The minimum absolute atomic E-state index is 0.0545. The molecule has 1 aromatic carbocycles. The largest absolute Gasteiger partial charge is 0.322 e. The molecule has 0 spiro atoms. The molecule has 0 atom stereocenters. The Labute approximate surface area is 126 Å². The van der Waals surface area contributed by atoms with Gasteiger partial charge in [-0.15, -0.1) is 0 Å². The number of amides is 1. The number of halogens is 2. The van der Waals surface area contributed by atoms with E-state index in [0.717, 1.165) is 5.69 Å². The number of hydrazine groups is 1. The van der Waals surface area contributed by atoms with Crippen LogP contribution in [0, 0.1) is 5.82 Å². The molecule has 1 heterocycles. The lowest BCUT2D eigenvalue weighted by atomic mass is 10.1. The van der Waals surface area contributed by atoms with Gasteiger partial charge in [0.25, 0.3) is 5.91 Å². The van der Waals surface area contributed by atoms with Gasteiger partial charge in [0.15, 0.2) is 0 Å². The monoisotopic (exact) mass is 308 g/mol. The average molecular weight is 309 g/mol. The quantitative estimate of drug-likeness (QED) is 0.599. The van der Waals surface area contributed by atoms with Crippen molar-refractivity contribution in [1.29, 1.82) is 0 Å². The van der Waals surface area contributed by atoms with Gasteiger partial charge >= 0.3 is 0 Å². The molecule has 1 amide bonds. The summed E-state index contributed by atoms with van der Waals surface area (Å²) >= 11 is 5.68. The van der Waals surface area contributed by atoms with Crippen LogP contribution < -0.4 is 16.6 Å². The Morgan fingerprint density at radius 1 is 1.38 bits per heavy atom. The van der Waals surface area contributed by atoms with Gasteiger partial charge in [-0.2, -0.15) is 0 Å². The van der Waals surface area contributed by atoms with Crippen molar-refractivity contribution < 1.29 is 9.18 Å². The normalized spacial score (nSPS) is 10.3. The number of aryl methyl sites for hydroxylation is 1. The molecular weight excluding hydrogens is 295 g/mol. The van der Waals surface area contributed by atoms with Crippen LogP contribution in [0.15, 0.2) is 30.3 Å². The fraction of sp³-hybridized carbons (Fsp3) is 0.143. The molecule has 21 heavy (non-hydrogen) atoms. The molecule has 0 aliphatic rings. The minimum atomic E-state index is -0.540. The van der Waals surface area contributed by atoms with E-state index in [9.17, 15) is 9.18 Å². The molecule has 0 aliphatic carbocycles. The number of carbonyl (C=O) groups is 1. The van der Waals surface area contributed by atoms with Crippen molar-refractivity contribution in [3.05, 3.63) is 52.4 Å². The third-order valence-corrected chi connectivity index (χ3v) is 3.12. The number of rotatable bonds is 4. The van der Waals surface area contributed by atoms with Crippen molar-refractivity contribution in [2.45, 2.75) is 13.3 Å². The van der Waals surface area contributed by atoms with Gasteiger partial charge in [-0.1, -0.05) is 18.5 Å². The Morgan fingerprint density at radius 2 is 2.14 bits per heavy atom. The van der Waals surface area contributed by atoms with Crippen LogP contribution in [0.5, 0.6) is 0 Å². The van der Waals surface area contributed by atoms with Gasteiger partial charge < -0.3 is 10.7 Å². The van der Waals surface area contributed by atoms with Crippen molar-refractivity contribution in [1.82, 2.24) is 4.98 Å². The zero-order valence-electron chi connectivity index (χ0n) is 11.3. The van der Waals surface area contributed by atoms with E-state index in [0.29, 0.717) is 23.5 Å². The van der Waals surface area contributed by atoms with Crippen LogP contribution in [0.1, 0.15) is 23.0 Å². The van der Waals surface area contributed by atoms with Crippen LogP contribution in [-0.2, 0) is 6.42 Å². The number of nitrogen functional groups attached to an aromatic ring is 1. The Bertz CT molecular complexity index is 656. The first kappa shape index (κ1) is 15.2. The molecular formula is C14H14ClFN4O. The second kappa shape index (κ2) is 6.51. The van der Waals surface area contributed by atoms with Crippen LogP contribution in [0.25, 0.3) is 0 Å². The lowest BCUT2D eigenvalue weighted by Gasteiger charge is -2.09. The van der Waals surface area contributed by atoms with Crippen molar-refractivity contribution >= 4 is 29.0 Å². The summed E-state index contributed by atoms with van der Waals surface area (Å²) in [5, 5.41) is 2.59. The fourth-order valence-corrected chi connectivity index (χ4v) is 1.93. The number of nitrogens with two attached hydrogens (primary N) is 1. The summed E-state index contributed by atoms with van der Waals surface area (Å²) in [4.78, 5) is 16.4. The summed E-state index contributed by atoms with van der Waals surface area (Å²) in [7, 11) is 0. The summed E-state index contributed by atoms with van der Waals surface area (Å²) < 4.78 is 13.1. The Kier molecular flexibility index (Phi) is 4.72. The molecule has 7 heteroatoms. The maximum Gasteiger partial charge on any atom is 0.255 e. The van der Waals surface area contributed by atoms with Gasteiger partial charge in [0.1, 0.15) is 11.6 Å². The van der Waals surface area contributed by atoms with E-state index in [1.165, 1.54) is 24.3 Å². The molecule has 0 bridgehead atoms. The third-order valence-electron chi connectivity index (χ3n) is 2.83. The van der Waals surface area contributed by atoms with Crippen LogP contribution >= 0.6 is 11.6 Å². The van der Waals surface area contributed by atoms with E-state index in [2.05, 4.69) is 15.7 Å². The number of nitrogens with zero attached hydrogens (tertiary/aromatic N) is 1. The molecule has 2 rings (SSSR count). The molecule has 4 N–H and O–H groups in total. The van der Waals surface area contributed by atoms with E-state index in [1.54, 1.807) is 6.07 Å². The van der Waals surface area contributed by atoms with E-state index < -0.39 is 5.82 Å². The Morgan fingerprint density at radius 3 is 2.76 bits per heavy atom. The van der Waals surface area contributed by atoms with Crippen molar-refractivity contribution in [2.75, 3.05) is 10.7 Å². The van der Waals surface area contributed by atoms with Crippen molar-refractivity contribution in [2.24, 2.45) is 5.84 Å². The van der Waals surface area contributed by atoms with Crippen LogP contribution in [-0.4, -0.2) is 10.9 Å². The molecule has 0 saturated carbocycles. The topological polar surface area (TPSA) is 80.0 Å². The van der Waals surface area contributed by atoms with Crippen LogP contribution in [0.4, 0.5) is 15.9 Å². The standard InChI is InChI=1S/C14H14ClFN4O/c1-2-9-5-8(6-13(18-9)20-17)14(21)19-10-3-4-12(16)11(15)7-10/h3-7H,2,17H2,1H3,(H,18,20)(H,19,21). The lowest BCUT2D eigenvalue weighted by molar-refractivity contribution is 0.102. The van der Waals surface area contributed by atoms with E-state index in [4.69, 9.17) is 17.4 Å². The maximum atomic E-state index is 13.1. The highest BCUT2D eigenvalue weighted by atomic mass is 35.5. The number of anilines is 2. The van der Waals surface area contributed by atoms with Crippen molar-refractivity contribution in [3.63, 3.8) is 0 Å². The van der Waals surface area contributed by atoms with Gasteiger partial charge in [-0.05, 0) is 36.8 Å². The van der Waals surface area contributed by atoms with Crippen LogP contribution in [0.3, 0.4) is 0 Å². The average Bonchev–Trinajstić information content (AvgIpc) is 2.50. The first-order valence-electron chi connectivity index (χ1n) is 6.27. The molecule has 110 valence electrons. The smallest absolute Gasteiger partial charge is 0.255 e. The second-order valence-electron chi connectivity index (χ2n) is 4.31. The van der Waals surface area contributed by atoms with Gasteiger partial charge in [-0.25, -0.2) is 15.2 Å². The zero-order chi connectivity index (χ0) is 15.4. The molecule has 0 fully saturated rings. The summed E-state index contributed by atoms with van der Waals surface area (Å²) in [6.07, 6.45) is 0.665. The third kappa shape index (κ3) is 3.68. The first-order valence-corrected chi connectivity index (χ1v) is 6.65. The van der Waals surface area contributed by atoms with E-state index in [1.807, 2.05) is 6.92 Å². The number of benzene rings is 1. The van der Waals surface area contributed by atoms with E-state index in [-0.39, 0.29) is 10.9 Å². The molecule has 0 unspecified atom stereocenters. The maximum absolute atomic E-state index is 13.1. The van der Waals surface area contributed by atoms with Gasteiger partial charge in [0.05, 0.1) is 5.02 Å².